The molecule has 1 N–H and O–H groups in total. The zero-order valence-electron chi connectivity index (χ0n) is 9.00. The van der Waals surface area contributed by atoms with Crippen LogP contribution in [0.3, 0.4) is 0 Å². The molecule has 0 bridgehead atoms. The average Bonchev–Trinajstić information content (AvgIpc) is 2.15. The molecule has 0 saturated carbocycles. The largest absolute Gasteiger partial charge is 0.382 e. The Morgan fingerprint density at radius 1 is 1.43 bits per heavy atom. The van der Waals surface area contributed by atoms with Crippen LogP contribution >= 0.6 is 0 Å². The van der Waals surface area contributed by atoms with Gasteiger partial charge in [-0.2, -0.15) is 0 Å². The number of methoxy groups -OCH3 is 1. The monoisotopic (exact) mass is 191 g/mol. The molecule has 14 heavy (non-hydrogen) atoms. The number of rotatable bonds is 1. The van der Waals surface area contributed by atoms with Crippen LogP contribution in [-0.4, -0.2) is 13.2 Å². The van der Waals surface area contributed by atoms with E-state index in [0.717, 1.165) is 6.42 Å². The molecular formula is C12H17NO. The van der Waals surface area contributed by atoms with Crippen LogP contribution in [0, 0.1) is 6.92 Å². The van der Waals surface area contributed by atoms with Gasteiger partial charge in [-0.15, -0.1) is 0 Å². The topological polar surface area (TPSA) is 21.3 Å². The molecule has 1 aromatic carbocycles. The van der Waals surface area contributed by atoms with Crippen molar-refractivity contribution >= 4 is 5.69 Å². The molecule has 0 aromatic heterocycles. The van der Waals surface area contributed by atoms with Gasteiger partial charge in [-0.3, -0.25) is 0 Å². The van der Waals surface area contributed by atoms with Crippen LogP contribution in [-0.2, 0) is 4.74 Å². The van der Waals surface area contributed by atoms with E-state index in [0.29, 0.717) is 6.04 Å². The Hall–Kier alpha value is -1.02. The predicted octanol–water partition coefficient (Wildman–Crippen LogP) is 2.89. The smallest absolute Gasteiger partial charge is 0.0860 e. The average molecular weight is 191 g/mol. The first-order chi connectivity index (χ1) is 6.70. The van der Waals surface area contributed by atoms with Gasteiger partial charge in [-0.1, -0.05) is 12.1 Å². The number of nitrogens with one attached hydrogen (secondary N) is 1. The maximum atomic E-state index is 5.49. The summed E-state index contributed by atoms with van der Waals surface area (Å²) in [5.41, 5.74) is 3.81. The molecule has 0 saturated heterocycles. The van der Waals surface area contributed by atoms with Gasteiger partial charge >= 0.3 is 0 Å². The Balaban J connectivity index is 2.40. The lowest BCUT2D eigenvalue weighted by Crippen LogP contribution is -2.26. The van der Waals surface area contributed by atoms with Crippen molar-refractivity contribution in [2.45, 2.75) is 32.4 Å². The summed E-state index contributed by atoms with van der Waals surface area (Å²) in [6.07, 6.45) is 1.30. The van der Waals surface area contributed by atoms with Gasteiger partial charge in [0, 0.05) is 24.4 Å². The Labute approximate surface area is 85.3 Å². The SMILES string of the molecule is COC1CC(C)Nc2cc(C)ccc21. The molecule has 2 heteroatoms. The van der Waals surface area contributed by atoms with Crippen molar-refractivity contribution in [1.82, 2.24) is 0 Å². The van der Waals surface area contributed by atoms with Crippen LogP contribution in [0.15, 0.2) is 18.2 Å². The molecule has 1 heterocycles. The van der Waals surface area contributed by atoms with Crippen LogP contribution < -0.4 is 5.32 Å². The summed E-state index contributed by atoms with van der Waals surface area (Å²) in [4.78, 5) is 0. The van der Waals surface area contributed by atoms with Crippen molar-refractivity contribution in [1.29, 1.82) is 0 Å². The molecule has 2 rings (SSSR count). The molecule has 1 aromatic rings. The fourth-order valence-corrected chi connectivity index (χ4v) is 2.07. The Kier molecular flexibility index (Phi) is 2.46. The molecule has 0 radical (unpaired) electrons. The molecule has 2 unspecified atom stereocenters. The molecule has 0 spiro atoms. The van der Waals surface area contributed by atoms with E-state index in [2.05, 4.69) is 37.4 Å². The third-order valence-electron chi connectivity index (χ3n) is 2.81. The molecule has 76 valence electrons. The minimum Gasteiger partial charge on any atom is -0.382 e. The highest BCUT2D eigenvalue weighted by molar-refractivity contribution is 5.56. The van der Waals surface area contributed by atoms with E-state index in [9.17, 15) is 0 Å². The van der Waals surface area contributed by atoms with Crippen molar-refractivity contribution in [3.8, 4) is 0 Å². The zero-order chi connectivity index (χ0) is 10.1. The third-order valence-corrected chi connectivity index (χ3v) is 2.81. The number of fused-ring (bicyclic) bond motifs is 1. The van der Waals surface area contributed by atoms with E-state index in [1.54, 1.807) is 7.11 Å². The Bertz CT molecular complexity index is 335. The number of anilines is 1. The first-order valence-electron chi connectivity index (χ1n) is 5.10. The summed E-state index contributed by atoms with van der Waals surface area (Å²) >= 11 is 0. The minimum atomic E-state index is 0.252. The molecule has 0 amide bonds. The maximum absolute atomic E-state index is 5.49. The van der Waals surface area contributed by atoms with E-state index in [4.69, 9.17) is 4.74 Å². The van der Waals surface area contributed by atoms with Gasteiger partial charge in [0.05, 0.1) is 6.10 Å². The van der Waals surface area contributed by atoms with Crippen molar-refractivity contribution in [3.63, 3.8) is 0 Å². The number of aryl methyl sites for hydroxylation is 1. The summed E-state index contributed by atoms with van der Waals surface area (Å²) < 4.78 is 5.49. The first-order valence-corrected chi connectivity index (χ1v) is 5.10. The molecule has 0 fully saturated rings. The minimum absolute atomic E-state index is 0.252. The number of ether oxygens (including phenoxy) is 1. The number of hydrogen-bond donors (Lipinski definition) is 1. The second-order valence-electron chi connectivity index (χ2n) is 4.10. The molecule has 1 aliphatic heterocycles. The van der Waals surface area contributed by atoms with Crippen LogP contribution in [0.2, 0.25) is 0 Å². The second-order valence-corrected chi connectivity index (χ2v) is 4.10. The van der Waals surface area contributed by atoms with Gasteiger partial charge in [-0.25, -0.2) is 0 Å². The van der Waals surface area contributed by atoms with Gasteiger partial charge in [0.2, 0.25) is 0 Å². The van der Waals surface area contributed by atoms with E-state index in [1.165, 1.54) is 16.8 Å². The van der Waals surface area contributed by atoms with Crippen LogP contribution in [0.5, 0.6) is 0 Å². The summed E-state index contributed by atoms with van der Waals surface area (Å²) in [5, 5.41) is 3.48. The third kappa shape index (κ3) is 1.62. The highest BCUT2D eigenvalue weighted by Gasteiger charge is 2.23. The second kappa shape index (κ2) is 3.62. The van der Waals surface area contributed by atoms with E-state index in [-0.39, 0.29) is 6.10 Å². The highest BCUT2D eigenvalue weighted by Crippen LogP contribution is 2.34. The fourth-order valence-electron chi connectivity index (χ4n) is 2.07. The summed E-state index contributed by atoms with van der Waals surface area (Å²) in [6.45, 7) is 4.31. The van der Waals surface area contributed by atoms with Crippen molar-refractivity contribution in [3.05, 3.63) is 29.3 Å². The van der Waals surface area contributed by atoms with E-state index in [1.807, 2.05) is 0 Å². The summed E-state index contributed by atoms with van der Waals surface area (Å²) in [6, 6.07) is 6.99. The Morgan fingerprint density at radius 2 is 2.21 bits per heavy atom. The summed E-state index contributed by atoms with van der Waals surface area (Å²) in [7, 11) is 1.78. The fraction of sp³-hybridized carbons (Fsp3) is 0.500. The maximum Gasteiger partial charge on any atom is 0.0860 e. The molecule has 1 aliphatic rings. The van der Waals surface area contributed by atoms with Crippen molar-refractivity contribution in [2.24, 2.45) is 0 Å². The van der Waals surface area contributed by atoms with Gasteiger partial charge in [0.1, 0.15) is 0 Å². The van der Waals surface area contributed by atoms with Crippen LogP contribution in [0.1, 0.15) is 30.6 Å². The van der Waals surface area contributed by atoms with Gasteiger partial charge < -0.3 is 10.1 Å². The number of hydrogen-bond acceptors (Lipinski definition) is 2. The molecule has 0 aliphatic carbocycles. The first kappa shape index (κ1) is 9.53. The van der Waals surface area contributed by atoms with Crippen LogP contribution in [0.25, 0.3) is 0 Å². The van der Waals surface area contributed by atoms with E-state index < -0.39 is 0 Å². The molecule has 2 nitrogen and oxygen atoms in total. The lowest BCUT2D eigenvalue weighted by molar-refractivity contribution is 0.0894. The van der Waals surface area contributed by atoms with Crippen molar-refractivity contribution in [2.75, 3.05) is 12.4 Å². The van der Waals surface area contributed by atoms with E-state index >= 15 is 0 Å². The lowest BCUT2D eigenvalue weighted by atomic mass is 9.95. The normalized spacial score (nSPS) is 25.4. The highest BCUT2D eigenvalue weighted by atomic mass is 16.5. The van der Waals surface area contributed by atoms with Gasteiger partial charge in [0.25, 0.3) is 0 Å². The van der Waals surface area contributed by atoms with Crippen molar-refractivity contribution < 1.29 is 4.74 Å². The zero-order valence-corrected chi connectivity index (χ0v) is 9.00. The van der Waals surface area contributed by atoms with Gasteiger partial charge in [-0.05, 0) is 31.9 Å². The summed E-state index contributed by atoms with van der Waals surface area (Å²) in [5.74, 6) is 0. The van der Waals surface area contributed by atoms with Crippen LogP contribution in [0.4, 0.5) is 5.69 Å². The lowest BCUT2D eigenvalue weighted by Gasteiger charge is -2.30. The molecular weight excluding hydrogens is 174 g/mol. The predicted molar refractivity (Wildman–Crippen MR) is 58.6 cm³/mol. The quantitative estimate of drug-likeness (QED) is 0.737. The number of benzene rings is 1. The standard InChI is InChI=1S/C12H17NO/c1-8-4-5-10-11(6-8)13-9(2)7-12(10)14-3/h4-6,9,12-13H,7H2,1-3H3. The molecule has 2 atom stereocenters. The van der Waals surface area contributed by atoms with Gasteiger partial charge in [0.15, 0.2) is 0 Å². The Morgan fingerprint density at radius 3 is 2.93 bits per heavy atom.